The smallest absolute Gasteiger partial charge is 0.264 e. The summed E-state index contributed by atoms with van der Waals surface area (Å²) in [5, 5.41) is 2.84. The first-order valence-electron chi connectivity index (χ1n) is 8.11. The molecule has 1 aliphatic heterocycles. The van der Waals surface area contributed by atoms with Crippen LogP contribution in [-0.2, 0) is 11.3 Å². The highest BCUT2D eigenvalue weighted by atomic mass is 16.6. The zero-order chi connectivity index (χ0) is 18.5. The number of hydrogen-bond acceptors (Lipinski definition) is 6. The van der Waals surface area contributed by atoms with Gasteiger partial charge in [-0.25, -0.2) is 0 Å². The van der Waals surface area contributed by atoms with Gasteiger partial charge in [-0.1, -0.05) is 12.1 Å². The molecule has 0 saturated carbocycles. The Morgan fingerprint density at radius 1 is 1.08 bits per heavy atom. The second-order valence-electron chi connectivity index (χ2n) is 5.62. The van der Waals surface area contributed by atoms with Crippen LogP contribution in [-0.4, -0.2) is 39.9 Å². The maximum Gasteiger partial charge on any atom is 0.264 e. The third-order valence-electron chi connectivity index (χ3n) is 3.99. The summed E-state index contributed by atoms with van der Waals surface area (Å²) in [6.45, 7) is 0.454. The van der Waals surface area contributed by atoms with Crippen molar-refractivity contribution in [2.75, 3.05) is 27.9 Å². The number of methoxy groups -OCH3 is 3. The number of nitrogens with one attached hydrogen (secondary N) is 1. The van der Waals surface area contributed by atoms with Crippen LogP contribution >= 0.6 is 0 Å². The van der Waals surface area contributed by atoms with Gasteiger partial charge >= 0.3 is 0 Å². The Balaban J connectivity index is 1.66. The van der Waals surface area contributed by atoms with Crippen molar-refractivity contribution in [3.8, 4) is 28.7 Å². The molecule has 7 heteroatoms. The normalized spacial score (nSPS) is 15.1. The van der Waals surface area contributed by atoms with E-state index in [4.69, 9.17) is 23.7 Å². The molecule has 2 aromatic carbocycles. The SMILES string of the molecule is COc1cc(CNC(=O)[C@H]2COc3ccccc3O2)cc(OC)c1OC. The van der Waals surface area contributed by atoms with Gasteiger partial charge in [0, 0.05) is 6.54 Å². The molecule has 0 fully saturated rings. The number of carbonyl (C=O) groups excluding carboxylic acids is 1. The number of benzene rings is 2. The molecule has 1 heterocycles. The number of para-hydroxylation sites is 2. The Morgan fingerprint density at radius 2 is 1.73 bits per heavy atom. The van der Waals surface area contributed by atoms with E-state index < -0.39 is 6.10 Å². The van der Waals surface area contributed by atoms with E-state index in [1.165, 1.54) is 0 Å². The van der Waals surface area contributed by atoms with Crippen molar-refractivity contribution in [2.45, 2.75) is 12.6 Å². The molecule has 1 N–H and O–H groups in total. The highest BCUT2D eigenvalue weighted by Gasteiger charge is 2.27. The third kappa shape index (κ3) is 3.61. The lowest BCUT2D eigenvalue weighted by Gasteiger charge is -2.25. The molecule has 0 spiro atoms. The van der Waals surface area contributed by atoms with Crippen molar-refractivity contribution in [2.24, 2.45) is 0 Å². The largest absolute Gasteiger partial charge is 0.493 e. The minimum Gasteiger partial charge on any atom is -0.493 e. The van der Waals surface area contributed by atoms with Crippen LogP contribution in [0, 0.1) is 0 Å². The molecule has 0 bridgehead atoms. The van der Waals surface area contributed by atoms with Crippen LogP contribution in [0.25, 0.3) is 0 Å². The second kappa shape index (κ2) is 7.86. The van der Waals surface area contributed by atoms with Crippen molar-refractivity contribution in [1.82, 2.24) is 5.32 Å². The molecule has 2 aromatic rings. The number of ether oxygens (including phenoxy) is 5. The molecular formula is C19H21NO6. The van der Waals surface area contributed by atoms with E-state index >= 15 is 0 Å². The Labute approximate surface area is 151 Å². The molecular weight excluding hydrogens is 338 g/mol. The molecule has 0 unspecified atom stereocenters. The van der Waals surface area contributed by atoms with Gasteiger partial charge in [-0.15, -0.1) is 0 Å². The van der Waals surface area contributed by atoms with Crippen LogP contribution < -0.4 is 29.0 Å². The summed E-state index contributed by atoms with van der Waals surface area (Å²) in [4.78, 5) is 12.4. The summed E-state index contributed by atoms with van der Waals surface area (Å²) in [7, 11) is 4.63. The summed E-state index contributed by atoms with van der Waals surface area (Å²) in [5.74, 6) is 2.51. The lowest BCUT2D eigenvalue weighted by atomic mass is 10.1. The number of hydrogen-bond donors (Lipinski definition) is 1. The van der Waals surface area contributed by atoms with E-state index in [0.29, 0.717) is 28.7 Å². The minimum absolute atomic E-state index is 0.165. The van der Waals surface area contributed by atoms with Gasteiger partial charge in [0.2, 0.25) is 11.9 Å². The first kappa shape index (κ1) is 17.7. The van der Waals surface area contributed by atoms with E-state index in [-0.39, 0.29) is 19.1 Å². The highest BCUT2D eigenvalue weighted by Crippen LogP contribution is 2.38. The molecule has 138 valence electrons. The van der Waals surface area contributed by atoms with Crippen molar-refractivity contribution in [3.63, 3.8) is 0 Å². The van der Waals surface area contributed by atoms with Crippen molar-refractivity contribution >= 4 is 5.91 Å². The monoisotopic (exact) mass is 359 g/mol. The predicted molar refractivity (Wildman–Crippen MR) is 94.3 cm³/mol. The maximum atomic E-state index is 12.4. The molecule has 7 nitrogen and oxygen atoms in total. The van der Waals surface area contributed by atoms with Gasteiger partial charge in [0.15, 0.2) is 23.0 Å². The van der Waals surface area contributed by atoms with Gasteiger partial charge in [0.05, 0.1) is 21.3 Å². The Hall–Kier alpha value is -3.09. The van der Waals surface area contributed by atoms with Gasteiger partial charge in [-0.2, -0.15) is 0 Å². The minimum atomic E-state index is -0.702. The van der Waals surface area contributed by atoms with Crippen molar-refractivity contribution in [1.29, 1.82) is 0 Å². The zero-order valence-corrected chi connectivity index (χ0v) is 14.9. The van der Waals surface area contributed by atoms with E-state index in [2.05, 4.69) is 5.32 Å². The third-order valence-corrected chi connectivity index (χ3v) is 3.99. The van der Waals surface area contributed by atoms with Crippen LogP contribution in [0.15, 0.2) is 36.4 Å². The first-order chi connectivity index (χ1) is 12.7. The fourth-order valence-corrected chi connectivity index (χ4v) is 2.69. The molecule has 0 aliphatic carbocycles. The van der Waals surface area contributed by atoms with Crippen LogP contribution in [0.4, 0.5) is 0 Å². The number of rotatable bonds is 6. The fourth-order valence-electron chi connectivity index (χ4n) is 2.69. The Bertz CT molecular complexity index is 766. The molecule has 0 saturated heterocycles. The Kier molecular flexibility index (Phi) is 5.36. The number of carbonyl (C=O) groups is 1. The average molecular weight is 359 g/mol. The van der Waals surface area contributed by atoms with Crippen LogP contribution in [0.2, 0.25) is 0 Å². The van der Waals surface area contributed by atoms with Gasteiger partial charge in [0.1, 0.15) is 6.61 Å². The quantitative estimate of drug-likeness (QED) is 0.852. The molecule has 0 radical (unpaired) electrons. The summed E-state index contributed by atoms with van der Waals surface area (Å²) in [5.41, 5.74) is 0.810. The highest BCUT2D eigenvalue weighted by molar-refractivity contribution is 5.81. The van der Waals surface area contributed by atoms with Crippen molar-refractivity contribution in [3.05, 3.63) is 42.0 Å². The van der Waals surface area contributed by atoms with E-state index in [9.17, 15) is 4.79 Å². The van der Waals surface area contributed by atoms with E-state index in [0.717, 1.165) is 5.56 Å². The molecule has 0 aromatic heterocycles. The zero-order valence-electron chi connectivity index (χ0n) is 14.9. The van der Waals surface area contributed by atoms with Gasteiger partial charge < -0.3 is 29.0 Å². The van der Waals surface area contributed by atoms with Crippen LogP contribution in [0.1, 0.15) is 5.56 Å². The number of fused-ring (bicyclic) bond motifs is 1. The lowest BCUT2D eigenvalue weighted by Crippen LogP contribution is -2.43. The summed E-state index contributed by atoms with van der Waals surface area (Å²) >= 11 is 0. The van der Waals surface area contributed by atoms with E-state index in [1.807, 2.05) is 12.1 Å². The van der Waals surface area contributed by atoms with Gasteiger partial charge in [0.25, 0.3) is 5.91 Å². The molecule has 1 atom stereocenters. The maximum absolute atomic E-state index is 12.4. The topological polar surface area (TPSA) is 75.3 Å². The summed E-state index contributed by atoms with van der Waals surface area (Å²) in [6, 6.07) is 10.8. The predicted octanol–water partition coefficient (Wildman–Crippen LogP) is 2.17. The van der Waals surface area contributed by atoms with E-state index in [1.54, 1.807) is 45.6 Å². The summed E-state index contributed by atoms with van der Waals surface area (Å²) < 4.78 is 27.2. The summed E-state index contributed by atoms with van der Waals surface area (Å²) in [6.07, 6.45) is -0.702. The first-order valence-corrected chi connectivity index (χ1v) is 8.11. The molecule has 3 rings (SSSR count). The molecule has 1 aliphatic rings. The Morgan fingerprint density at radius 3 is 2.35 bits per heavy atom. The molecule has 1 amide bonds. The standard InChI is InChI=1S/C19H21NO6/c1-22-15-8-12(9-16(23-2)18(15)24-3)10-20-19(21)17-11-25-13-6-4-5-7-14(13)26-17/h4-9,17H,10-11H2,1-3H3,(H,20,21)/t17-/m1/s1. The lowest BCUT2D eigenvalue weighted by molar-refractivity contribution is -0.130. The number of amides is 1. The average Bonchev–Trinajstić information content (AvgIpc) is 2.70. The van der Waals surface area contributed by atoms with Crippen LogP contribution in [0.5, 0.6) is 28.7 Å². The fraction of sp³-hybridized carbons (Fsp3) is 0.316. The van der Waals surface area contributed by atoms with Gasteiger partial charge in [-0.05, 0) is 29.8 Å². The second-order valence-corrected chi connectivity index (χ2v) is 5.62. The van der Waals surface area contributed by atoms with Crippen LogP contribution in [0.3, 0.4) is 0 Å². The van der Waals surface area contributed by atoms with Gasteiger partial charge in [-0.3, -0.25) is 4.79 Å². The van der Waals surface area contributed by atoms with Crippen molar-refractivity contribution < 1.29 is 28.5 Å². The molecule has 26 heavy (non-hydrogen) atoms.